The zero-order chi connectivity index (χ0) is 18.9. The molecule has 2 saturated carbocycles. The summed E-state index contributed by atoms with van der Waals surface area (Å²) < 4.78 is 0. The first-order valence-electron chi connectivity index (χ1n) is 10.6. The molecule has 3 unspecified atom stereocenters. The number of hydrogen-bond acceptors (Lipinski definition) is 3. The molecule has 1 heterocycles. The molecule has 3 aliphatic carbocycles. The van der Waals surface area contributed by atoms with Gasteiger partial charge in [0.15, 0.2) is 0 Å². The lowest BCUT2D eigenvalue weighted by Crippen LogP contribution is -2.59. The molecule has 4 rings (SSSR count). The first-order chi connectivity index (χ1) is 12.2. The van der Waals surface area contributed by atoms with Crippen LogP contribution in [0.25, 0.3) is 0 Å². The zero-order valence-corrected chi connectivity index (χ0v) is 16.7. The maximum Gasteiger partial charge on any atom is 0.226 e. The molecular formula is C22H35NO3. The average molecular weight is 362 g/mol. The smallest absolute Gasteiger partial charge is 0.226 e. The molecule has 1 amide bonds. The third-order valence-electron chi connectivity index (χ3n) is 8.78. The van der Waals surface area contributed by atoms with Crippen LogP contribution in [-0.2, 0) is 4.79 Å². The lowest BCUT2D eigenvalue weighted by Gasteiger charge is -2.60. The average Bonchev–Trinajstić information content (AvgIpc) is 2.91. The Morgan fingerprint density at radius 1 is 1.35 bits per heavy atom. The summed E-state index contributed by atoms with van der Waals surface area (Å²) in [7, 11) is 0. The van der Waals surface area contributed by atoms with E-state index in [9.17, 15) is 15.0 Å². The first kappa shape index (κ1) is 18.5. The number of nitrogens with zero attached hydrogens (tertiary/aromatic N) is 1. The Labute approximate surface area is 157 Å². The van der Waals surface area contributed by atoms with Crippen LogP contribution in [0.2, 0.25) is 0 Å². The zero-order valence-electron chi connectivity index (χ0n) is 16.7. The fourth-order valence-electron chi connectivity index (χ4n) is 7.76. The predicted molar refractivity (Wildman–Crippen MR) is 101 cm³/mol. The van der Waals surface area contributed by atoms with Crippen LogP contribution in [0.5, 0.6) is 0 Å². The van der Waals surface area contributed by atoms with Crippen molar-refractivity contribution in [3.8, 4) is 0 Å². The van der Waals surface area contributed by atoms with Crippen molar-refractivity contribution in [2.75, 3.05) is 6.54 Å². The number of allylic oxidation sites excluding steroid dienone is 2. The first-order valence-corrected chi connectivity index (χ1v) is 10.6. The maximum absolute atomic E-state index is 12.4. The van der Waals surface area contributed by atoms with Crippen LogP contribution in [0.4, 0.5) is 0 Å². The van der Waals surface area contributed by atoms with Gasteiger partial charge >= 0.3 is 0 Å². The summed E-state index contributed by atoms with van der Waals surface area (Å²) in [5.41, 5.74) is 1.10. The summed E-state index contributed by atoms with van der Waals surface area (Å²) in [5.74, 6) is 1.79. The minimum atomic E-state index is -0.346. The molecule has 3 fully saturated rings. The van der Waals surface area contributed by atoms with E-state index >= 15 is 0 Å². The Kier molecular flexibility index (Phi) is 4.31. The number of hydrogen-bond donors (Lipinski definition) is 2. The monoisotopic (exact) mass is 361 g/mol. The van der Waals surface area contributed by atoms with Gasteiger partial charge in [-0.25, -0.2) is 0 Å². The molecule has 0 spiro atoms. The van der Waals surface area contributed by atoms with E-state index < -0.39 is 0 Å². The van der Waals surface area contributed by atoms with Gasteiger partial charge in [0, 0.05) is 24.1 Å². The van der Waals surface area contributed by atoms with E-state index in [1.54, 1.807) is 0 Å². The van der Waals surface area contributed by atoms with Crippen molar-refractivity contribution in [2.24, 2.45) is 34.5 Å². The van der Waals surface area contributed by atoms with Gasteiger partial charge in [-0.3, -0.25) is 4.79 Å². The van der Waals surface area contributed by atoms with E-state index in [1.807, 2.05) is 11.8 Å². The highest BCUT2D eigenvalue weighted by molar-refractivity contribution is 5.80. The summed E-state index contributed by atoms with van der Waals surface area (Å²) in [6, 6.07) is 0. The molecule has 8 atom stereocenters. The molecular weight excluding hydrogens is 326 g/mol. The Morgan fingerprint density at radius 2 is 2.08 bits per heavy atom. The second-order valence-electron chi connectivity index (χ2n) is 9.88. The number of carbonyl (C=O) groups excluding carboxylic acids is 1. The van der Waals surface area contributed by atoms with Gasteiger partial charge in [0.05, 0.1) is 12.2 Å². The molecule has 0 bridgehead atoms. The molecule has 1 saturated heterocycles. The van der Waals surface area contributed by atoms with Gasteiger partial charge < -0.3 is 15.1 Å². The second kappa shape index (κ2) is 6.07. The number of amides is 1. The molecule has 26 heavy (non-hydrogen) atoms. The number of rotatable bonds is 2. The number of aliphatic hydroxyl groups excluding tert-OH is 2. The third kappa shape index (κ3) is 2.30. The Bertz CT molecular complexity index is 629. The highest BCUT2D eigenvalue weighted by Gasteiger charge is 2.62. The molecule has 0 aromatic carbocycles. The lowest BCUT2D eigenvalue weighted by molar-refractivity contribution is -0.151. The molecule has 0 radical (unpaired) electrons. The Morgan fingerprint density at radius 3 is 2.73 bits per heavy atom. The normalized spacial score (nSPS) is 49.2. The van der Waals surface area contributed by atoms with Crippen molar-refractivity contribution in [1.82, 2.24) is 4.90 Å². The summed E-state index contributed by atoms with van der Waals surface area (Å²) >= 11 is 0. The van der Waals surface area contributed by atoms with Gasteiger partial charge in [0.25, 0.3) is 0 Å². The van der Waals surface area contributed by atoms with Crippen LogP contribution in [0.1, 0.15) is 66.2 Å². The van der Waals surface area contributed by atoms with Gasteiger partial charge in [-0.15, -0.1) is 0 Å². The molecule has 4 aliphatic rings. The second-order valence-corrected chi connectivity index (χ2v) is 9.88. The standard InChI is InChI=1S/C22H35NO3/c1-5-23-18-9-6-14-16-8-7-15(13(2)24)22(16,4)12-17(25)20(14)21(18,3)11-10-19(23)26/h9,13-17,20,24-25H,5-8,10-12H2,1-4H3/t13-,14?,15-,16?,17+,20?,21+,22-/m1/s1. The van der Waals surface area contributed by atoms with Gasteiger partial charge in [0.2, 0.25) is 5.91 Å². The van der Waals surface area contributed by atoms with Crippen molar-refractivity contribution in [3.63, 3.8) is 0 Å². The van der Waals surface area contributed by atoms with Crippen LogP contribution in [0.3, 0.4) is 0 Å². The van der Waals surface area contributed by atoms with Gasteiger partial charge in [-0.1, -0.05) is 19.9 Å². The summed E-state index contributed by atoms with van der Waals surface area (Å²) in [6.45, 7) is 9.29. The van der Waals surface area contributed by atoms with Crippen LogP contribution in [0, 0.1) is 34.5 Å². The number of likely N-dealkylation sites (tertiary alicyclic amines) is 1. The Balaban J connectivity index is 1.73. The van der Waals surface area contributed by atoms with Crippen LogP contribution in [0.15, 0.2) is 11.8 Å². The van der Waals surface area contributed by atoms with E-state index in [-0.39, 0.29) is 34.9 Å². The topological polar surface area (TPSA) is 60.8 Å². The molecule has 4 nitrogen and oxygen atoms in total. The highest BCUT2D eigenvalue weighted by Crippen LogP contribution is 2.66. The van der Waals surface area contributed by atoms with Crippen molar-refractivity contribution in [1.29, 1.82) is 0 Å². The number of piperidine rings is 1. The molecule has 0 aromatic heterocycles. The molecule has 2 N–H and O–H groups in total. The summed E-state index contributed by atoms with van der Waals surface area (Å²) in [6.07, 6.45) is 7.10. The minimum absolute atomic E-state index is 0.0331. The van der Waals surface area contributed by atoms with Crippen molar-refractivity contribution in [3.05, 3.63) is 11.8 Å². The quantitative estimate of drug-likeness (QED) is 0.793. The summed E-state index contributed by atoms with van der Waals surface area (Å²) in [5, 5.41) is 21.7. The van der Waals surface area contributed by atoms with Gasteiger partial charge in [-0.05, 0) is 75.0 Å². The number of carbonyl (C=O) groups is 1. The van der Waals surface area contributed by atoms with E-state index in [2.05, 4.69) is 26.8 Å². The van der Waals surface area contributed by atoms with E-state index in [0.717, 1.165) is 38.6 Å². The fraction of sp³-hybridized carbons (Fsp3) is 0.864. The molecule has 1 aliphatic heterocycles. The molecule has 4 heteroatoms. The SMILES string of the molecule is CCN1C(=O)CC[C@@]2(C)C1=CCC1C2[C@@H](O)C[C@@]2(C)C1CC[C@@H]2[C@@H](C)O. The largest absolute Gasteiger partial charge is 0.393 e. The van der Waals surface area contributed by atoms with Crippen LogP contribution >= 0.6 is 0 Å². The van der Waals surface area contributed by atoms with Crippen molar-refractivity contribution >= 4 is 5.91 Å². The highest BCUT2D eigenvalue weighted by atomic mass is 16.3. The fourth-order valence-corrected chi connectivity index (χ4v) is 7.76. The molecule has 146 valence electrons. The maximum atomic E-state index is 12.4. The van der Waals surface area contributed by atoms with E-state index in [0.29, 0.717) is 24.2 Å². The Hall–Kier alpha value is -0.870. The number of aliphatic hydroxyl groups is 2. The summed E-state index contributed by atoms with van der Waals surface area (Å²) in [4.78, 5) is 14.4. The van der Waals surface area contributed by atoms with Crippen molar-refractivity contribution < 1.29 is 15.0 Å². The third-order valence-corrected chi connectivity index (χ3v) is 8.78. The van der Waals surface area contributed by atoms with Crippen LogP contribution in [-0.4, -0.2) is 39.8 Å². The molecule has 0 aromatic rings. The lowest BCUT2D eigenvalue weighted by atomic mass is 9.47. The predicted octanol–water partition coefficient (Wildman–Crippen LogP) is 3.33. The minimum Gasteiger partial charge on any atom is -0.393 e. The van der Waals surface area contributed by atoms with Gasteiger partial charge in [-0.2, -0.15) is 0 Å². The number of fused-ring (bicyclic) bond motifs is 5. The van der Waals surface area contributed by atoms with Crippen molar-refractivity contribution in [2.45, 2.75) is 78.4 Å². The van der Waals surface area contributed by atoms with E-state index in [4.69, 9.17) is 0 Å². The van der Waals surface area contributed by atoms with E-state index in [1.165, 1.54) is 5.70 Å². The van der Waals surface area contributed by atoms with Crippen LogP contribution < -0.4 is 0 Å². The van der Waals surface area contributed by atoms with Gasteiger partial charge in [0.1, 0.15) is 0 Å².